The maximum atomic E-state index is 13.4. The van der Waals surface area contributed by atoms with E-state index in [1.807, 2.05) is 6.07 Å². The van der Waals surface area contributed by atoms with Crippen LogP contribution in [0.5, 0.6) is 0 Å². The number of ether oxygens (including phenoxy) is 1. The zero-order valence-corrected chi connectivity index (χ0v) is 14.0. The van der Waals surface area contributed by atoms with Crippen molar-refractivity contribution in [3.8, 4) is 0 Å². The van der Waals surface area contributed by atoms with Crippen LogP contribution in [0.1, 0.15) is 24.9 Å². The molecule has 2 fully saturated rings. The first-order valence-electron chi connectivity index (χ1n) is 8.76. The van der Waals surface area contributed by atoms with Crippen molar-refractivity contribution in [2.45, 2.75) is 25.5 Å². The van der Waals surface area contributed by atoms with Gasteiger partial charge in [0, 0.05) is 51.9 Å². The van der Waals surface area contributed by atoms with Gasteiger partial charge in [0.25, 0.3) is 0 Å². The Bertz CT molecular complexity index is 485. The van der Waals surface area contributed by atoms with Gasteiger partial charge in [-0.2, -0.15) is 0 Å². The quantitative estimate of drug-likeness (QED) is 0.896. The summed E-state index contributed by atoms with van der Waals surface area (Å²) in [5, 5.41) is 3.38. The second kappa shape index (κ2) is 8.20. The lowest BCUT2D eigenvalue weighted by Crippen LogP contribution is -2.48. The first-order valence-corrected chi connectivity index (χ1v) is 8.76. The van der Waals surface area contributed by atoms with Crippen LogP contribution in [0.15, 0.2) is 24.3 Å². The van der Waals surface area contributed by atoms with Gasteiger partial charge < -0.3 is 15.0 Å². The lowest BCUT2D eigenvalue weighted by Gasteiger charge is -2.38. The molecular weight excluding hydrogens is 293 g/mol. The van der Waals surface area contributed by atoms with Crippen LogP contribution < -0.4 is 5.32 Å². The predicted molar refractivity (Wildman–Crippen MR) is 90.1 cm³/mol. The van der Waals surface area contributed by atoms with Gasteiger partial charge in [0.05, 0.1) is 12.7 Å². The molecule has 4 nitrogen and oxygen atoms in total. The molecule has 128 valence electrons. The van der Waals surface area contributed by atoms with Crippen LogP contribution in [0.3, 0.4) is 0 Å². The van der Waals surface area contributed by atoms with E-state index in [0.717, 1.165) is 64.4 Å². The average molecular weight is 321 g/mol. The first-order chi connectivity index (χ1) is 11.2. The third kappa shape index (κ3) is 4.73. The standard InChI is InChI=1S/C18H28FN3O/c1-15(16-3-2-4-17(19)13-16)22-10-8-21(9-11-22)7-5-18-14-20-6-12-23-18/h2-4,13,15,18,20H,5-12,14H2,1H3. The van der Waals surface area contributed by atoms with E-state index in [2.05, 4.69) is 22.0 Å². The van der Waals surface area contributed by atoms with E-state index in [0.29, 0.717) is 6.10 Å². The Balaban J connectivity index is 1.42. The molecule has 1 N–H and O–H groups in total. The highest BCUT2D eigenvalue weighted by Crippen LogP contribution is 2.22. The second-order valence-corrected chi connectivity index (χ2v) is 6.59. The van der Waals surface area contributed by atoms with Gasteiger partial charge in [0.1, 0.15) is 5.82 Å². The van der Waals surface area contributed by atoms with E-state index in [-0.39, 0.29) is 11.9 Å². The lowest BCUT2D eigenvalue weighted by molar-refractivity contribution is 0.0123. The number of hydrogen-bond donors (Lipinski definition) is 1. The van der Waals surface area contributed by atoms with Gasteiger partial charge in [-0.15, -0.1) is 0 Å². The molecule has 0 aromatic heterocycles. The minimum absolute atomic E-state index is 0.144. The van der Waals surface area contributed by atoms with Crippen molar-refractivity contribution in [2.24, 2.45) is 0 Å². The summed E-state index contributed by atoms with van der Waals surface area (Å²) in [7, 11) is 0. The molecule has 5 heteroatoms. The molecule has 0 radical (unpaired) electrons. The molecule has 2 aliphatic rings. The van der Waals surface area contributed by atoms with Crippen molar-refractivity contribution < 1.29 is 9.13 Å². The Hall–Kier alpha value is -1.01. The molecule has 23 heavy (non-hydrogen) atoms. The number of nitrogens with one attached hydrogen (secondary N) is 1. The molecule has 0 amide bonds. The van der Waals surface area contributed by atoms with Crippen molar-refractivity contribution >= 4 is 0 Å². The van der Waals surface area contributed by atoms with Crippen molar-refractivity contribution in [1.82, 2.24) is 15.1 Å². The van der Waals surface area contributed by atoms with E-state index in [1.165, 1.54) is 6.07 Å². The summed E-state index contributed by atoms with van der Waals surface area (Å²) in [6.45, 7) is 10.3. The molecule has 0 aliphatic carbocycles. The number of benzene rings is 1. The summed E-state index contributed by atoms with van der Waals surface area (Å²) in [4.78, 5) is 4.97. The maximum Gasteiger partial charge on any atom is 0.123 e. The zero-order valence-electron chi connectivity index (χ0n) is 14.0. The topological polar surface area (TPSA) is 27.7 Å². The predicted octanol–water partition coefficient (Wildman–Crippen LogP) is 1.88. The van der Waals surface area contributed by atoms with E-state index < -0.39 is 0 Å². The molecule has 2 saturated heterocycles. The Morgan fingerprint density at radius 2 is 2.13 bits per heavy atom. The fraction of sp³-hybridized carbons (Fsp3) is 0.667. The van der Waals surface area contributed by atoms with Gasteiger partial charge in [-0.25, -0.2) is 4.39 Å². The summed E-state index contributed by atoms with van der Waals surface area (Å²) in [5.74, 6) is -0.144. The number of halogens is 1. The molecule has 1 aromatic carbocycles. The normalized spacial score (nSPS) is 25.4. The number of piperazine rings is 1. The van der Waals surface area contributed by atoms with Gasteiger partial charge in [0.15, 0.2) is 0 Å². The first kappa shape index (κ1) is 16.8. The number of rotatable bonds is 5. The SMILES string of the molecule is CC(c1cccc(F)c1)N1CCN(CCC2CNCCO2)CC1. The van der Waals surface area contributed by atoms with E-state index >= 15 is 0 Å². The largest absolute Gasteiger partial charge is 0.376 e. The van der Waals surface area contributed by atoms with Crippen LogP contribution in [0.25, 0.3) is 0 Å². The molecular formula is C18H28FN3O. The fourth-order valence-corrected chi connectivity index (χ4v) is 3.48. The van der Waals surface area contributed by atoms with Crippen LogP contribution in [0.4, 0.5) is 4.39 Å². The van der Waals surface area contributed by atoms with Crippen LogP contribution in [-0.2, 0) is 4.74 Å². The molecule has 0 bridgehead atoms. The van der Waals surface area contributed by atoms with Crippen LogP contribution in [0, 0.1) is 5.82 Å². The van der Waals surface area contributed by atoms with Gasteiger partial charge >= 0.3 is 0 Å². The fourth-order valence-electron chi connectivity index (χ4n) is 3.48. The smallest absolute Gasteiger partial charge is 0.123 e. The Kier molecular flexibility index (Phi) is 6.00. The maximum absolute atomic E-state index is 13.4. The van der Waals surface area contributed by atoms with Gasteiger partial charge in [-0.05, 0) is 31.0 Å². The Morgan fingerprint density at radius 1 is 1.30 bits per heavy atom. The highest BCUT2D eigenvalue weighted by molar-refractivity contribution is 5.19. The second-order valence-electron chi connectivity index (χ2n) is 6.59. The van der Waals surface area contributed by atoms with Crippen molar-refractivity contribution in [2.75, 3.05) is 52.4 Å². The zero-order chi connectivity index (χ0) is 16.1. The number of hydrogen-bond acceptors (Lipinski definition) is 4. The highest BCUT2D eigenvalue weighted by atomic mass is 19.1. The van der Waals surface area contributed by atoms with E-state index in [4.69, 9.17) is 4.74 Å². The average Bonchev–Trinajstić information content (AvgIpc) is 2.61. The molecule has 2 aliphatic heterocycles. The number of nitrogens with zero attached hydrogens (tertiary/aromatic N) is 2. The summed E-state index contributed by atoms with van der Waals surface area (Å²) in [6.07, 6.45) is 1.47. The van der Waals surface area contributed by atoms with Gasteiger partial charge in [-0.3, -0.25) is 4.90 Å². The third-order valence-corrected chi connectivity index (χ3v) is 5.06. The molecule has 2 atom stereocenters. The molecule has 1 aromatic rings. The third-order valence-electron chi connectivity index (χ3n) is 5.06. The van der Waals surface area contributed by atoms with Crippen molar-refractivity contribution in [3.63, 3.8) is 0 Å². The molecule has 2 heterocycles. The highest BCUT2D eigenvalue weighted by Gasteiger charge is 2.23. The van der Waals surface area contributed by atoms with Crippen molar-refractivity contribution in [1.29, 1.82) is 0 Å². The van der Waals surface area contributed by atoms with E-state index in [9.17, 15) is 4.39 Å². The Morgan fingerprint density at radius 3 is 2.83 bits per heavy atom. The Labute approximate surface area is 138 Å². The lowest BCUT2D eigenvalue weighted by atomic mass is 10.1. The summed E-state index contributed by atoms with van der Waals surface area (Å²) in [5.41, 5.74) is 1.07. The summed E-state index contributed by atoms with van der Waals surface area (Å²) < 4.78 is 19.2. The molecule has 2 unspecified atom stereocenters. The molecule has 0 saturated carbocycles. The monoisotopic (exact) mass is 321 g/mol. The van der Waals surface area contributed by atoms with Crippen molar-refractivity contribution in [3.05, 3.63) is 35.6 Å². The van der Waals surface area contributed by atoms with Crippen LogP contribution in [0.2, 0.25) is 0 Å². The van der Waals surface area contributed by atoms with Gasteiger partial charge in [-0.1, -0.05) is 12.1 Å². The van der Waals surface area contributed by atoms with Crippen LogP contribution in [-0.4, -0.2) is 68.3 Å². The minimum Gasteiger partial charge on any atom is -0.376 e. The summed E-state index contributed by atoms with van der Waals surface area (Å²) >= 11 is 0. The minimum atomic E-state index is -0.144. The van der Waals surface area contributed by atoms with Gasteiger partial charge in [0.2, 0.25) is 0 Å². The molecule has 3 rings (SSSR count). The number of morpholine rings is 1. The van der Waals surface area contributed by atoms with Crippen LogP contribution >= 0.6 is 0 Å². The molecule has 0 spiro atoms. The summed E-state index contributed by atoms with van der Waals surface area (Å²) in [6, 6.07) is 7.27. The van der Waals surface area contributed by atoms with E-state index in [1.54, 1.807) is 12.1 Å².